The van der Waals surface area contributed by atoms with Crippen LogP contribution >= 0.6 is 0 Å². The van der Waals surface area contributed by atoms with E-state index in [0.717, 1.165) is 37.6 Å². The highest BCUT2D eigenvalue weighted by Gasteiger charge is 2.06. The van der Waals surface area contributed by atoms with Gasteiger partial charge in [0.2, 0.25) is 0 Å². The minimum Gasteiger partial charge on any atom is -0.360 e. The predicted molar refractivity (Wildman–Crippen MR) is 68.8 cm³/mol. The Labute approximate surface area is 104 Å². The molecule has 17 heavy (non-hydrogen) atoms. The van der Waals surface area contributed by atoms with Gasteiger partial charge in [0.25, 0.3) is 0 Å². The minimum absolute atomic E-state index is 0.758. The lowest BCUT2D eigenvalue weighted by atomic mass is 10.3. The molecule has 5 nitrogen and oxygen atoms in total. The molecule has 0 aliphatic heterocycles. The number of hydrogen-bond acceptors (Lipinski definition) is 5. The van der Waals surface area contributed by atoms with Crippen molar-refractivity contribution in [2.75, 3.05) is 41.3 Å². The molecule has 1 rings (SSSR count). The minimum atomic E-state index is 0.758. The molecule has 1 aromatic rings. The summed E-state index contributed by atoms with van der Waals surface area (Å²) in [7, 11) is 8.21. The second-order valence-electron chi connectivity index (χ2n) is 4.71. The molecule has 0 saturated heterocycles. The third-order valence-electron chi connectivity index (χ3n) is 2.54. The van der Waals surface area contributed by atoms with Crippen molar-refractivity contribution in [3.05, 3.63) is 17.5 Å². The third kappa shape index (κ3) is 5.81. The molecule has 0 spiro atoms. The SMILES string of the molecule is CNCc1cc(CN(C)CCCN(C)C)on1. The van der Waals surface area contributed by atoms with E-state index in [1.807, 2.05) is 13.1 Å². The molecular formula is C12H24N4O. The molecule has 0 radical (unpaired) electrons. The number of rotatable bonds is 8. The Morgan fingerprint density at radius 1 is 1.29 bits per heavy atom. The van der Waals surface area contributed by atoms with Gasteiger partial charge in [-0.25, -0.2) is 0 Å². The maximum absolute atomic E-state index is 5.27. The monoisotopic (exact) mass is 240 g/mol. The van der Waals surface area contributed by atoms with E-state index >= 15 is 0 Å². The van der Waals surface area contributed by atoms with E-state index in [-0.39, 0.29) is 0 Å². The molecule has 98 valence electrons. The molecule has 0 atom stereocenters. The average molecular weight is 240 g/mol. The zero-order valence-corrected chi connectivity index (χ0v) is 11.4. The summed E-state index contributed by atoms with van der Waals surface area (Å²) in [5.41, 5.74) is 0.962. The molecule has 0 saturated carbocycles. The summed E-state index contributed by atoms with van der Waals surface area (Å²) in [4.78, 5) is 4.46. The fraction of sp³-hybridized carbons (Fsp3) is 0.750. The molecule has 1 aromatic heterocycles. The quantitative estimate of drug-likeness (QED) is 0.727. The van der Waals surface area contributed by atoms with Crippen molar-refractivity contribution in [1.29, 1.82) is 0 Å². The van der Waals surface area contributed by atoms with Crippen LogP contribution in [0, 0.1) is 0 Å². The standard InChI is InChI=1S/C12H24N4O/c1-13-9-11-8-12(17-14-11)10-16(4)7-5-6-15(2)3/h8,13H,5-7,9-10H2,1-4H3. The number of hydrogen-bond donors (Lipinski definition) is 1. The van der Waals surface area contributed by atoms with Crippen LogP contribution in [0.1, 0.15) is 17.9 Å². The Balaban J connectivity index is 2.26. The lowest BCUT2D eigenvalue weighted by Gasteiger charge is -2.16. The van der Waals surface area contributed by atoms with Gasteiger partial charge in [-0.2, -0.15) is 0 Å². The van der Waals surface area contributed by atoms with Crippen LogP contribution in [0.4, 0.5) is 0 Å². The summed E-state index contributed by atoms with van der Waals surface area (Å²) >= 11 is 0. The molecule has 0 aliphatic carbocycles. The first-order chi connectivity index (χ1) is 8.11. The average Bonchev–Trinajstić information content (AvgIpc) is 2.65. The molecular weight excluding hydrogens is 216 g/mol. The highest BCUT2D eigenvalue weighted by Crippen LogP contribution is 2.06. The van der Waals surface area contributed by atoms with E-state index in [1.165, 1.54) is 6.42 Å². The van der Waals surface area contributed by atoms with Crippen LogP contribution in [-0.2, 0) is 13.1 Å². The number of aromatic nitrogens is 1. The van der Waals surface area contributed by atoms with Crippen molar-refractivity contribution >= 4 is 0 Å². The summed E-state index contributed by atoms with van der Waals surface area (Å²) in [6, 6.07) is 2.01. The van der Waals surface area contributed by atoms with Crippen molar-refractivity contribution in [3.8, 4) is 0 Å². The summed E-state index contributed by atoms with van der Waals surface area (Å²) in [5.74, 6) is 0.933. The molecule has 0 fully saturated rings. The molecule has 0 bridgehead atoms. The zero-order chi connectivity index (χ0) is 12.7. The largest absolute Gasteiger partial charge is 0.360 e. The maximum Gasteiger partial charge on any atom is 0.151 e. The van der Waals surface area contributed by atoms with Crippen LogP contribution in [0.25, 0.3) is 0 Å². The molecule has 1 N–H and O–H groups in total. The van der Waals surface area contributed by atoms with Crippen LogP contribution in [0.3, 0.4) is 0 Å². The molecule has 0 amide bonds. The molecule has 0 aliphatic rings. The lowest BCUT2D eigenvalue weighted by molar-refractivity contribution is 0.257. The molecule has 0 unspecified atom stereocenters. The van der Waals surface area contributed by atoms with Crippen molar-refractivity contribution in [1.82, 2.24) is 20.3 Å². The van der Waals surface area contributed by atoms with Gasteiger partial charge >= 0.3 is 0 Å². The van der Waals surface area contributed by atoms with E-state index in [2.05, 4.69) is 41.4 Å². The first-order valence-corrected chi connectivity index (χ1v) is 6.04. The van der Waals surface area contributed by atoms with Gasteiger partial charge in [-0.1, -0.05) is 5.16 Å². The fourth-order valence-corrected chi connectivity index (χ4v) is 1.70. The second kappa shape index (κ2) is 7.42. The van der Waals surface area contributed by atoms with Gasteiger partial charge in [0.15, 0.2) is 5.76 Å². The number of nitrogens with one attached hydrogen (secondary N) is 1. The lowest BCUT2D eigenvalue weighted by Crippen LogP contribution is -2.23. The predicted octanol–water partition coefficient (Wildman–Crippen LogP) is 0.778. The van der Waals surface area contributed by atoms with E-state index in [9.17, 15) is 0 Å². The highest BCUT2D eigenvalue weighted by molar-refractivity contribution is 5.04. The fourth-order valence-electron chi connectivity index (χ4n) is 1.70. The summed E-state index contributed by atoms with van der Waals surface area (Å²) in [6.45, 7) is 3.77. The van der Waals surface area contributed by atoms with Gasteiger partial charge in [-0.05, 0) is 47.7 Å². The smallest absolute Gasteiger partial charge is 0.151 e. The van der Waals surface area contributed by atoms with Crippen LogP contribution in [0.2, 0.25) is 0 Å². The van der Waals surface area contributed by atoms with Crippen LogP contribution in [0.15, 0.2) is 10.6 Å². The summed E-state index contributed by atoms with van der Waals surface area (Å²) in [6.07, 6.45) is 1.17. The van der Waals surface area contributed by atoms with Crippen molar-refractivity contribution in [2.45, 2.75) is 19.5 Å². The summed E-state index contributed by atoms with van der Waals surface area (Å²) in [5, 5.41) is 7.05. The first kappa shape index (κ1) is 14.2. The Hall–Kier alpha value is -0.910. The topological polar surface area (TPSA) is 44.5 Å². The van der Waals surface area contributed by atoms with Crippen LogP contribution < -0.4 is 5.32 Å². The van der Waals surface area contributed by atoms with Gasteiger partial charge in [0.05, 0.1) is 12.2 Å². The third-order valence-corrected chi connectivity index (χ3v) is 2.54. The summed E-state index contributed by atoms with van der Waals surface area (Å²) < 4.78 is 5.27. The molecule has 0 aromatic carbocycles. The van der Waals surface area contributed by atoms with Crippen LogP contribution in [0.5, 0.6) is 0 Å². The zero-order valence-electron chi connectivity index (χ0n) is 11.4. The van der Waals surface area contributed by atoms with E-state index in [0.29, 0.717) is 0 Å². The van der Waals surface area contributed by atoms with Gasteiger partial charge < -0.3 is 14.7 Å². The normalized spacial score (nSPS) is 11.6. The number of nitrogens with zero attached hydrogens (tertiary/aromatic N) is 3. The Morgan fingerprint density at radius 2 is 2.06 bits per heavy atom. The van der Waals surface area contributed by atoms with E-state index < -0.39 is 0 Å². The van der Waals surface area contributed by atoms with Gasteiger partial charge in [-0.3, -0.25) is 4.90 Å². The Morgan fingerprint density at radius 3 is 2.71 bits per heavy atom. The van der Waals surface area contributed by atoms with Crippen LogP contribution in [-0.4, -0.2) is 56.2 Å². The van der Waals surface area contributed by atoms with Gasteiger partial charge in [-0.15, -0.1) is 0 Å². The maximum atomic E-state index is 5.27. The van der Waals surface area contributed by atoms with Crippen molar-refractivity contribution in [2.24, 2.45) is 0 Å². The van der Waals surface area contributed by atoms with Gasteiger partial charge in [0.1, 0.15) is 0 Å². The van der Waals surface area contributed by atoms with Crippen molar-refractivity contribution < 1.29 is 4.52 Å². The highest BCUT2D eigenvalue weighted by atomic mass is 16.5. The Bertz CT molecular complexity index is 311. The Kier molecular flexibility index (Phi) is 6.18. The van der Waals surface area contributed by atoms with E-state index in [1.54, 1.807) is 0 Å². The molecule has 5 heteroatoms. The first-order valence-electron chi connectivity index (χ1n) is 6.04. The van der Waals surface area contributed by atoms with Gasteiger partial charge in [0, 0.05) is 12.6 Å². The van der Waals surface area contributed by atoms with Crippen molar-refractivity contribution in [3.63, 3.8) is 0 Å². The molecule has 1 heterocycles. The van der Waals surface area contributed by atoms with E-state index in [4.69, 9.17) is 4.52 Å². The second-order valence-corrected chi connectivity index (χ2v) is 4.71.